The number of fused-ring (bicyclic) bond motifs is 1. The fourth-order valence-electron chi connectivity index (χ4n) is 7.19. The zero-order valence-electron chi connectivity index (χ0n) is 26.8. The van der Waals surface area contributed by atoms with Gasteiger partial charge in [0.2, 0.25) is 5.91 Å². The number of β-amino-alcohol motifs (C(OH)–C–C–N with tert-alkyl or cyclic N) is 1. The molecule has 1 aromatic carbocycles. The first-order chi connectivity index (χ1) is 20.8. The minimum absolute atomic E-state index is 0.0868. The second kappa shape index (κ2) is 14.2. The third-order valence-electron chi connectivity index (χ3n) is 9.56. The van der Waals surface area contributed by atoms with Gasteiger partial charge >= 0.3 is 0 Å². The maximum absolute atomic E-state index is 12.8. The van der Waals surface area contributed by atoms with Gasteiger partial charge in [-0.3, -0.25) is 14.7 Å². The average molecular weight is 587 g/mol. The zero-order valence-corrected chi connectivity index (χ0v) is 26.8. The molecule has 0 saturated carbocycles. The fraction of sp³-hybridized carbons (Fsp3) is 0.583. The van der Waals surface area contributed by atoms with E-state index in [0.717, 1.165) is 63.1 Å². The number of nitrogens with zero attached hydrogens (tertiary/aromatic N) is 4. The van der Waals surface area contributed by atoms with Crippen LogP contribution in [0.15, 0.2) is 57.2 Å². The molecule has 2 fully saturated rings. The molecule has 0 spiro atoms. The van der Waals surface area contributed by atoms with E-state index in [-0.39, 0.29) is 18.1 Å². The molecule has 5 rings (SSSR count). The second-order valence-corrected chi connectivity index (χ2v) is 12.9. The Kier molecular flexibility index (Phi) is 10.3. The number of carbonyl (C=O) groups is 1. The van der Waals surface area contributed by atoms with E-state index in [0.29, 0.717) is 37.9 Å². The summed E-state index contributed by atoms with van der Waals surface area (Å²) >= 11 is 0. The molecular weight excluding hydrogens is 536 g/mol. The third kappa shape index (κ3) is 7.21. The van der Waals surface area contributed by atoms with Gasteiger partial charge in [-0.2, -0.15) is 0 Å². The molecule has 2 saturated heterocycles. The summed E-state index contributed by atoms with van der Waals surface area (Å²) in [6.07, 6.45) is 12.7. The number of allylic oxidation sites excluding steroid dienone is 5. The predicted octanol–water partition coefficient (Wildman–Crippen LogP) is 6.08. The van der Waals surface area contributed by atoms with Crippen LogP contribution in [0.4, 0.5) is 0 Å². The number of ether oxygens (including phenoxy) is 1. The number of aryl methyl sites for hydroxylation is 1. The van der Waals surface area contributed by atoms with E-state index in [1.165, 1.54) is 33.4 Å². The molecule has 1 unspecified atom stereocenters. The largest absolute Gasteiger partial charge is 0.495 e. The molecule has 2 atom stereocenters. The number of hydrogen-bond acceptors (Lipinski definition) is 6. The van der Waals surface area contributed by atoms with Crippen molar-refractivity contribution in [1.29, 1.82) is 0 Å². The molecule has 1 amide bonds. The zero-order chi connectivity index (χ0) is 30.5. The van der Waals surface area contributed by atoms with E-state index >= 15 is 0 Å². The van der Waals surface area contributed by atoms with Gasteiger partial charge in [-0.05, 0) is 110 Å². The van der Waals surface area contributed by atoms with Gasteiger partial charge in [0, 0.05) is 13.1 Å². The normalized spacial score (nSPS) is 26.2. The summed E-state index contributed by atoms with van der Waals surface area (Å²) in [7, 11) is 1.74. The number of aliphatic hydroxyl groups excluding tert-OH is 1. The number of piperidine rings is 1. The third-order valence-corrected chi connectivity index (χ3v) is 9.56. The molecule has 0 radical (unpaired) electrons. The van der Waals surface area contributed by atoms with Crippen molar-refractivity contribution < 1.29 is 14.6 Å². The first-order valence-electron chi connectivity index (χ1n) is 16.4. The van der Waals surface area contributed by atoms with Gasteiger partial charge < -0.3 is 14.7 Å². The van der Waals surface area contributed by atoms with Crippen molar-refractivity contribution in [2.75, 3.05) is 39.8 Å². The van der Waals surface area contributed by atoms with Crippen LogP contribution in [0.25, 0.3) is 5.57 Å². The average Bonchev–Trinajstić information content (AvgIpc) is 3.63. The lowest BCUT2D eigenvalue weighted by Crippen LogP contribution is -2.42. The van der Waals surface area contributed by atoms with Crippen LogP contribution in [0.2, 0.25) is 0 Å². The van der Waals surface area contributed by atoms with Crippen LogP contribution in [-0.2, 0) is 9.53 Å². The highest BCUT2D eigenvalue weighted by Crippen LogP contribution is 2.39. The predicted molar refractivity (Wildman–Crippen MR) is 176 cm³/mol. The number of benzene rings is 1. The monoisotopic (exact) mass is 586 g/mol. The number of aliphatic imine (C=N–C) groups is 2. The summed E-state index contributed by atoms with van der Waals surface area (Å²) in [6.45, 7) is 12.6. The van der Waals surface area contributed by atoms with E-state index in [4.69, 9.17) is 4.74 Å². The Hall–Kier alpha value is -3.03. The van der Waals surface area contributed by atoms with Gasteiger partial charge in [-0.25, -0.2) is 4.99 Å². The highest BCUT2D eigenvalue weighted by Gasteiger charge is 2.29. The van der Waals surface area contributed by atoms with E-state index in [1.54, 1.807) is 13.4 Å². The number of amides is 1. The number of carbonyl (C=O) groups excluding carboxylic acids is 1. The van der Waals surface area contributed by atoms with Crippen molar-refractivity contribution in [3.8, 4) is 0 Å². The Morgan fingerprint density at radius 1 is 1.14 bits per heavy atom. The summed E-state index contributed by atoms with van der Waals surface area (Å²) in [6, 6.07) is 7.18. The first kappa shape index (κ1) is 31.4. The maximum Gasteiger partial charge on any atom is 0.236 e. The molecule has 232 valence electrons. The molecule has 3 heterocycles. The van der Waals surface area contributed by atoms with Crippen molar-refractivity contribution in [2.24, 2.45) is 15.9 Å². The van der Waals surface area contributed by atoms with Crippen LogP contribution in [0, 0.1) is 12.8 Å². The number of rotatable bonds is 9. The lowest BCUT2D eigenvalue weighted by Gasteiger charge is -2.33. The summed E-state index contributed by atoms with van der Waals surface area (Å²) in [5.74, 6) is 1.82. The minimum Gasteiger partial charge on any atom is -0.495 e. The molecule has 7 nitrogen and oxygen atoms in total. The van der Waals surface area contributed by atoms with Crippen LogP contribution in [0.5, 0.6) is 0 Å². The second-order valence-electron chi connectivity index (χ2n) is 12.9. The van der Waals surface area contributed by atoms with Crippen molar-refractivity contribution in [1.82, 2.24) is 9.80 Å². The van der Waals surface area contributed by atoms with Gasteiger partial charge in [-0.1, -0.05) is 51.5 Å². The SMILES string of the molecule is CCCC(/C1=C/CCC2N=CN=C2/C(OC)=C\1)=C(\c1cc(C2CCN(CC(=O)N3CC[C@@H](O)C3)CC2)ccc1C)C(C)C. The van der Waals surface area contributed by atoms with Crippen LogP contribution in [0.1, 0.15) is 88.3 Å². The molecule has 1 aromatic rings. The molecule has 1 aliphatic carbocycles. The Labute approximate surface area is 258 Å². The van der Waals surface area contributed by atoms with Crippen LogP contribution in [0.3, 0.4) is 0 Å². The van der Waals surface area contributed by atoms with Crippen LogP contribution in [-0.4, -0.2) is 84.8 Å². The number of aliphatic hydroxyl groups is 1. The van der Waals surface area contributed by atoms with Gasteiger partial charge in [0.25, 0.3) is 0 Å². The van der Waals surface area contributed by atoms with E-state index in [9.17, 15) is 9.90 Å². The first-order valence-corrected chi connectivity index (χ1v) is 16.4. The fourth-order valence-corrected chi connectivity index (χ4v) is 7.19. The Balaban J connectivity index is 1.40. The number of likely N-dealkylation sites (tertiary alicyclic amines) is 2. The number of hydrogen-bond donors (Lipinski definition) is 1. The lowest BCUT2D eigenvalue weighted by atomic mass is 9.80. The summed E-state index contributed by atoms with van der Waals surface area (Å²) in [5, 5.41) is 9.82. The molecule has 1 N–H and O–H groups in total. The Bertz CT molecular complexity index is 1330. The van der Waals surface area contributed by atoms with E-state index < -0.39 is 0 Å². The smallest absolute Gasteiger partial charge is 0.236 e. The molecule has 4 aliphatic rings. The van der Waals surface area contributed by atoms with Crippen molar-refractivity contribution >= 4 is 23.5 Å². The molecule has 3 aliphatic heterocycles. The van der Waals surface area contributed by atoms with E-state index in [2.05, 4.69) is 72.9 Å². The highest BCUT2D eigenvalue weighted by molar-refractivity contribution is 6.09. The van der Waals surface area contributed by atoms with Crippen molar-refractivity contribution in [3.05, 3.63) is 63.9 Å². The summed E-state index contributed by atoms with van der Waals surface area (Å²) in [4.78, 5) is 26.0. The molecule has 43 heavy (non-hydrogen) atoms. The standard InChI is InChI=1S/C36H50N4O3/c1-6-8-30(28-9-7-10-32-36(38-23-37-32)33(20-28)43-5)35(24(2)3)31-19-27(12-11-25(31)4)26-13-16-39(17-14-26)22-34(42)40-18-15-29(41)21-40/h9,11-12,19-20,23-24,26,29,32,41H,6-8,10,13-18,21-22H2,1-5H3/b28-9+,33-20+,35-30+/t29-,32?/m1/s1. The summed E-state index contributed by atoms with van der Waals surface area (Å²) in [5.41, 5.74) is 9.11. The topological polar surface area (TPSA) is 77.7 Å². The van der Waals surface area contributed by atoms with E-state index in [1.807, 2.05) is 4.90 Å². The van der Waals surface area contributed by atoms with Gasteiger partial charge in [0.05, 0.1) is 25.8 Å². The lowest BCUT2D eigenvalue weighted by molar-refractivity contribution is -0.132. The molecule has 0 bridgehead atoms. The van der Waals surface area contributed by atoms with Crippen LogP contribution < -0.4 is 0 Å². The Morgan fingerprint density at radius 2 is 1.93 bits per heavy atom. The maximum atomic E-state index is 12.8. The summed E-state index contributed by atoms with van der Waals surface area (Å²) < 4.78 is 5.88. The quantitative estimate of drug-likeness (QED) is 0.381. The van der Waals surface area contributed by atoms with Crippen molar-refractivity contribution in [3.63, 3.8) is 0 Å². The van der Waals surface area contributed by atoms with Gasteiger partial charge in [0.15, 0.2) is 0 Å². The minimum atomic E-state index is -0.363. The number of methoxy groups -OCH3 is 1. The van der Waals surface area contributed by atoms with Gasteiger partial charge in [-0.15, -0.1) is 0 Å². The highest BCUT2D eigenvalue weighted by atomic mass is 16.5. The molecule has 7 heteroatoms. The van der Waals surface area contributed by atoms with Crippen molar-refractivity contribution in [2.45, 2.75) is 90.7 Å². The molecule has 0 aromatic heterocycles. The Morgan fingerprint density at radius 3 is 2.60 bits per heavy atom. The van der Waals surface area contributed by atoms with Crippen LogP contribution >= 0.6 is 0 Å². The van der Waals surface area contributed by atoms with Gasteiger partial charge in [0.1, 0.15) is 17.8 Å². The molecular formula is C36H50N4O3.